The van der Waals surface area contributed by atoms with Crippen molar-refractivity contribution in [1.82, 2.24) is 5.32 Å². The van der Waals surface area contributed by atoms with Crippen LogP contribution in [-0.4, -0.2) is 26.6 Å². The molecule has 0 radical (unpaired) electrons. The summed E-state index contributed by atoms with van der Waals surface area (Å²) in [7, 11) is -3.23. The molecule has 128 valence electrons. The van der Waals surface area contributed by atoms with Crippen molar-refractivity contribution in [3.63, 3.8) is 0 Å². The summed E-state index contributed by atoms with van der Waals surface area (Å²) in [5.41, 5.74) is 0.675. The molecule has 2 unspecified atom stereocenters. The molecule has 1 aromatic rings. The molecule has 1 N–H and O–H groups in total. The summed E-state index contributed by atoms with van der Waals surface area (Å²) in [6.45, 7) is 6.68. The molecule has 2 rings (SSSR count). The molecule has 1 aliphatic carbocycles. The number of rotatable bonds is 3. The van der Waals surface area contributed by atoms with Crippen molar-refractivity contribution in [1.29, 1.82) is 0 Å². The molecule has 2 atom stereocenters. The minimum absolute atomic E-state index is 0.119. The van der Waals surface area contributed by atoms with Gasteiger partial charge in [0.2, 0.25) is 0 Å². The van der Waals surface area contributed by atoms with Crippen LogP contribution < -0.4 is 5.32 Å². The standard InChI is InChI=1S/C18H27NO3S/c1-18(2,3)15-7-5-6-8-16(15)19-17(20)13-9-11-14(12-10-13)23(4,21)22/h9-12,15-16H,5-8H2,1-4H3,(H,19,20). The van der Waals surface area contributed by atoms with Crippen LogP contribution in [0, 0.1) is 11.3 Å². The highest BCUT2D eigenvalue weighted by atomic mass is 32.2. The van der Waals surface area contributed by atoms with Gasteiger partial charge in [0.1, 0.15) is 0 Å². The molecule has 23 heavy (non-hydrogen) atoms. The first-order valence-corrected chi connectivity index (χ1v) is 10.1. The Balaban J connectivity index is 2.11. The van der Waals surface area contributed by atoms with Crippen LogP contribution in [0.5, 0.6) is 0 Å². The summed E-state index contributed by atoms with van der Waals surface area (Å²) >= 11 is 0. The topological polar surface area (TPSA) is 63.2 Å². The highest BCUT2D eigenvalue weighted by molar-refractivity contribution is 7.90. The Morgan fingerprint density at radius 2 is 1.65 bits per heavy atom. The normalized spacial score (nSPS) is 22.6. The van der Waals surface area contributed by atoms with Crippen molar-refractivity contribution >= 4 is 15.7 Å². The summed E-state index contributed by atoms with van der Waals surface area (Å²) < 4.78 is 23.0. The summed E-state index contributed by atoms with van der Waals surface area (Å²) in [6, 6.07) is 6.34. The fourth-order valence-corrected chi connectivity index (χ4v) is 4.08. The van der Waals surface area contributed by atoms with E-state index in [1.807, 2.05) is 0 Å². The van der Waals surface area contributed by atoms with Crippen LogP contribution in [0.25, 0.3) is 0 Å². The number of benzene rings is 1. The average molecular weight is 337 g/mol. The first-order valence-electron chi connectivity index (χ1n) is 8.20. The molecule has 0 aromatic heterocycles. The first-order chi connectivity index (χ1) is 10.6. The fraction of sp³-hybridized carbons (Fsp3) is 0.611. The molecule has 1 saturated carbocycles. The van der Waals surface area contributed by atoms with Crippen LogP contribution in [0.1, 0.15) is 56.8 Å². The minimum atomic E-state index is -3.23. The van der Waals surface area contributed by atoms with E-state index < -0.39 is 9.84 Å². The lowest BCUT2D eigenvalue weighted by Crippen LogP contribution is -2.46. The van der Waals surface area contributed by atoms with Gasteiger partial charge < -0.3 is 5.32 Å². The van der Waals surface area contributed by atoms with E-state index in [2.05, 4.69) is 26.1 Å². The Labute approximate surface area is 139 Å². The predicted octanol–water partition coefficient (Wildman–Crippen LogP) is 3.42. The van der Waals surface area contributed by atoms with Gasteiger partial charge in [0, 0.05) is 17.9 Å². The number of carbonyl (C=O) groups is 1. The van der Waals surface area contributed by atoms with E-state index in [9.17, 15) is 13.2 Å². The Morgan fingerprint density at radius 3 is 2.17 bits per heavy atom. The van der Waals surface area contributed by atoms with E-state index in [1.165, 1.54) is 18.6 Å². The van der Waals surface area contributed by atoms with Gasteiger partial charge in [0.25, 0.3) is 5.91 Å². The van der Waals surface area contributed by atoms with E-state index >= 15 is 0 Å². The van der Waals surface area contributed by atoms with Crippen LogP contribution in [0.2, 0.25) is 0 Å². The average Bonchev–Trinajstić information content (AvgIpc) is 2.46. The molecule has 0 heterocycles. The molecule has 4 nitrogen and oxygen atoms in total. The Bertz CT molecular complexity index is 657. The van der Waals surface area contributed by atoms with Gasteiger partial charge >= 0.3 is 0 Å². The second-order valence-corrected chi connectivity index (χ2v) is 9.65. The molecule has 0 spiro atoms. The maximum Gasteiger partial charge on any atom is 0.251 e. The monoisotopic (exact) mass is 337 g/mol. The van der Waals surface area contributed by atoms with Crippen molar-refractivity contribution in [3.8, 4) is 0 Å². The van der Waals surface area contributed by atoms with E-state index in [0.717, 1.165) is 25.5 Å². The highest BCUT2D eigenvalue weighted by Crippen LogP contribution is 2.38. The molecule has 1 aliphatic rings. The lowest BCUT2D eigenvalue weighted by atomic mass is 9.69. The lowest BCUT2D eigenvalue weighted by molar-refractivity contribution is 0.0830. The van der Waals surface area contributed by atoms with Gasteiger partial charge in [-0.25, -0.2) is 8.42 Å². The van der Waals surface area contributed by atoms with Gasteiger partial charge in [-0.3, -0.25) is 4.79 Å². The number of carbonyl (C=O) groups excluding carboxylic acids is 1. The summed E-state index contributed by atoms with van der Waals surface area (Å²) in [4.78, 5) is 12.7. The van der Waals surface area contributed by atoms with Crippen LogP contribution in [-0.2, 0) is 9.84 Å². The van der Waals surface area contributed by atoms with Gasteiger partial charge in [0.05, 0.1) is 4.90 Å². The fourth-order valence-electron chi connectivity index (χ4n) is 3.45. The Hall–Kier alpha value is -1.36. The molecule has 0 aliphatic heterocycles. The summed E-state index contributed by atoms with van der Waals surface area (Å²) in [5.74, 6) is 0.349. The van der Waals surface area contributed by atoms with Crippen molar-refractivity contribution in [2.75, 3.05) is 6.26 Å². The molecule has 1 aromatic carbocycles. The highest BCUT2D eigenvalue weighted by Gasteiger charge is 2.34. The molecular weight excluding hydrogens is 310 g/mol. The van der Waals surface area contributed by atoms with Crippen molar-refractivity contribution in [2.24, 2.45) is 11.3 Å². The second kappa shape index (κ2) is 6.63. The van der Waals surface area contributed by atoms with Crippen molar-refractivity contribution in [2.45, 2.75) is 57.4 Å². The number of nitrogens with one attached hydrogen (secondary N) is 1. The maximum atomic E-state index is 12.5. The van der Waals surface area contributed by atoms with Crippen molar-refractivity contribution in [3.05, 3.63) is 29.8 Å². The lowest BCUT2D eigenvalue weighted by Gasteiger charge is -2.40. The van der Waals surface area contributed by atoms with E-state index in [4.69, 9.17) is 0 Å². The SMILES string of the molecule is CC(C)(C)C1CCCCC1NC(=O)c1ccc(S(C)(=O)=O)cc1. The molecule has 1 amide bonds. The summed E-state index contributed by atoms with van der Waals surface area (Å²) in [5, 5.41) is 3.16. The molecule has 1 fully saturated rings. The van der Waals surface area contributed by atoms with Gasteiger partial charge in [-0.1, -0.05) is 33.6 Å². The van der Waals surface area contributed by atoms with Crippen LogP contribution in [0.15, 0.2) is 29.2 Å². The van der Waals surface area contributed by atoms with Crippen LogP contribution >= 0.6 is 0 Å². The maximum absolute atomic E-state index is 12.5. The first kappa shape index (κ1) is 18.0. The number of hydrogen-bond acceptors (Lipinski definition) is 3. The van der Waals surface area contributed by atoms with Gasteiger partial charge in [-0.05, 0) is 48.4 Å². The van der Waals surface area contributed by atoms with Gasteiger partial charge in [-0.2, -0.15) is 0 Å². The predicted molar refractivity (Wildman–Crippen MR) is 92.2 cm³/mol. The third-order valence-electron chi connectivity index (χ3n) is 4.74. The molecule has 0 saturated heterocycles. The third-order valence-corrected chi connectivity index (χ3v) is 5.87. The quantitative estimate of drug-likeness (QED) is 0.919. The molecule has 0 bridgehead atoms. The van der Waals surface area contributed by atoms with Crippen LogP contribution in [0.4, 0.5) is 0 Å². The zero-order valence-corrected chi connectivity index (χ0v) is 15.2. The third kappa shape index (κ3) is 4.56. The van der Waals surface area contributed by atoms with Gasteiger partial charge in [-0.15, -0.1) is 0 Å². The van der Waals surface area contributed by atoms with Crippen LogP contribution in [0.3, 0.4) is 0 Å². The Morgan fingerprint density at radius 1 is 1.09 bits per heavy atom. The number of amides is 1. The van der Waals surface area contributed by atoms with E-state index in [0.29, 0.717) is 11.5 Å². The molecular formula is C18H27NO3S. The Kier molecular flexibility index (Phi) is 5.19. The van der Waals surface area contributed by atoms with Gasteiger partial charge in [0.15, 0.2) is 9.84 Å². The minimum Gasteiger partial charge on any atom is -0.349 e. The largest absolute Gasteiger partial charge is 0.349 e. The van der Waals surface area contributed by atoms with Crippen molar-refractivity contribution < 1.29 is 13.2 Å². The second-order valence-electron chi connectivity index (χ2n) is 7.63. The number of sulfone groups is 1. The zero-order chi connectivity index (χ0) is 17.3. The zero-order valence-electron chi connectivity index (χ0n) is 14.4. The smallest absolute Gasteiger partial charge is 0.251 e. The summed E-state index contributed by atoms with van der Waals surface area (Å²) in [6.07, 6.45) is 5.68. The van der Waals surface area contributed by atoms with E-state index in [1.54, 1.807) is 12.1 Å². The number of hydrogen-bond donors (Lipinski definition) is 1. The molecule has 5 heteroatoms. The van der Waals surface area contributed by atoms with E-state index in [-0.39, 0.29) is 22.3 Å².